The Morgan fingerprint density at radius 1 is 1.16 bits per heavy atom. The SMILES string of the molecule is O=c1nc(N2CCC(CN3CCC(O)CC3)CC2)sc2c([N+](=O)[O-])cc(C(F)(F)F)cc12. The van der Waals surface area contributed by atoms with E-state index in [4.69, 9.17) is 0 Å². The van der Waals surface area contributed by atoms with Gasteiger partial charge < -0.3 is 14.9 Å². The number of alkyl halides is 3. The molecule has 1 N–H and O–H groups in total. The smallest absolute Gasteiger partial charge is 0.393 e. The second-order valence-corrected chi connectivity index (χ2v) is 9.37. The number of piperidine rings is 2. The van der Waals surface area contributed by atoms with Crippen molar-refractivity contribution in [2.24, 2.45) is 5.92 Å². The van der Waals surface area contributed by atoms with Gasteiger partial charge in [-0.05, 0) is 37.7 Å². The van der Waals surface area contributed by atoms with E-state index in [-0.39, 0.29) is 16.2 Å². The summed E-state index contributed by atoms with van der Waals surface area (Å²) in [7, 11) is 0. The van der Waals surface area contributed by atoms with Crippen molar-refractivity contribution in [3.63, 3.8) is 0 Å². The van der Waals surface area contributed by atoms with Gasteiger partial charge in [-0.3, -0.25) is 14.9 Å². The fourth-order valence-corrected chi connectivity index (χ4v) is 5.47. The van der Waals surface area contributed by atoms with Gasteiger partial charge in [0.05, 0.1) is 22.0 Å². The summed E-state index contributed by atoms with van der Waals surface area (Å²) in [4.78, 5) is 31.2. The van der Waals surface area contributed by atoms with Crippen molar-refractivity contribution >= 4 is 32.2 Å². The van der Waals surface area contributed by atoms with Gasteiger partial charge in [-0.15, -0.1) is 0 Å². The molecule has 2 aliphatic rings. The zero-order valence-corrected chi connectivity index (χ0v) is 18.0. The molecule has 2 aromatic rings. The van der Waals surface area contributed by atoms with Crippen LogP contribution in [0.4, 0.5) is 24.0 Å². The summed E-state index contributed by atoms with van der Waals surface area (Å²) in [6.45, 7) is 3.92. The number of non-ortho nitro benzene ring substituents is 1. The Bertz CT molecular complexity index is 1060. The van der Waals surface area contributed by atoms with Gasteiger partial charge in [0.15, 0.2) is 5.13 Å². The van der Waals surface area contributed by atoms with Gasteiger partial charge in [0.2, 0.25) is 0 Å². The lowest BCUT2D eigenvalue weighted by atomic mass is 9.95. The molecule has 0 radical (unpaired) electrons. The second-order valence-electron chi connectivity index (χ2n) is 8.39. The van der Waals surface area contributed by atoms with Crippen LogP contribution in [0, 0.1) is 16.0 Å². The molecule has 2 aliphatic heterocycles. The van der Waals surface area contributed by atoms with Crippen molar-refractivity contribution in [1.29, 1.82) is 0 Å². The maximum atomic E-state index is 13.1. The molecule has 174 valence electrons. The molecule has 1 aromatic carbocycles. The number of rotatable bonds is 4. The Morgan fingerprint density at radius 3 is 2.41 bits per heavy atom. The lowest BCUT2D eigenvalue weighted by Gasteiger charge is -2.37. The standard InChI is InChI=1S/C20H23F3N4O4S/c21-20(22,23)13-9-15-17(16(10-13)27(30)31)32-19(24-18(15)29)26-7-1-12(2-8-26)11-25-5-3-14(28)4-6-25/h9-10,12,14,28H,1-8,11H2. The number of anilines is 1. The Morgan fingerprint density at radius 2 is 1.81 bits per heavy atom. The molecule has 32 heavy (non-hydrogen) atoms. The third-order valence-electron chi connectivity index (χ3n) is 6.17. The Kier molecular flexibility index (Phi) is 6.37. The van der Waals surface area contributed by atoms with Gasteiger partial charge in [-0.2, -0.15) is 18.2 Å². The Hall–Kier alpha value is -2.31. The van der Waals surface area contributed by atoms with Crippen molar-refractivity contribution in [3.8, 4) is 0 Å². The zero-order chi connectivity index (χ0) is 23.0. The van der Waals surface area contributed by atoms with Crippen LogP contribution >= 0.6 is 11.3 Å². The molecule has 0 unspecified atom stereocenters. The van der Waals surface area contributed by atoms with Crippen LogP contribution in [0.1, 0.15) is 31.2 Å². The number of halogens is 3. The fourth-order valence-electron chi connectivity index (χ4n) is 4.35. The first-order chi connectivity index (χ1) is 15.1. The van der Waals surface area contributed by atoms with Gasteiger partial charge in [0, 0.05) is 38.8 Å². The number of aliphatic hydroxyl groups excluding tert-OH is 1. The number of benzene rings is 1. The largest absolute Gasteiger partial charge is 0.416 e. The summed E-state index contributed by atoms with van der Waals surface area (Å²) in [6, 6.07) is 1.11. The minimum Gasteiger partial charge on any atom is -0.393 e. The summed E-state index contributed by atoms with van der Waals surface area (Å²) < 4.78 is 39.3. The molecule has 0 saturated carbocycles. The minimum absolute atomic E-state index is 0.0907. The predicted molar refractivity (Wildman–Crippen MR) is 114 cm³/mol. The molecule has 3 heterocycles. The lowest BCUT2D eigenvalue weighted by Crippen LogP contribution is -2.42. The Labute approximate surface area is 185 Å². The van der Waals surface area contributed by atoms with E-state index in [1.807, 2.05) is 4.90 Å². The van der Waals surface area contributed by atoms with Crippen LogP contribution in [0.5, 0.6) is 0 Å². The summed E-state index contributed by atoms with van der Waals surface area (Å²) in [5.74, 6) is 0.461. The third kappa shape index (κ3) is 4.86. The van der Waals surface area contributed by atoms with Crippen LogP contribution in [0.25, 0.3) is 10.1 Å². The molecule has 0 atom stereocenters. The van der Waals surface area contributed by atoms with Crippen LogP contribution < -0.4 is 10.5 Å². The first kappa shape index (κ1) is 22.9. The summed E-state index contributed by atoms with van der Waals surface area (Å²) in [5.41, 5.74) is -2.86. The van der Waals surface area contributed by atoms with Crippen molar-refractivity contribution in [1.82, 2.24) is 9.88 Å². The highest BCUT2D eigenvalue weighted by molar-refractivity contribution is 7.22. The molecule has 4 rings (SSSR count). The number of aromatic nitrogens is 1. The Balaban J connectivity index is 1.53. The average Bonchev–Trinajstić information content (AvgIpc) is 2.74. The maximum absolute atomic E-state index is 13.1. The van der Waals surface area contributed by atoms with Gasteiger partial charge in [-0.25, -0.2) is 0 Å². The molecule has 1 aromatic heterocycles. The van der Waals surface area contributed by atoms with E-state index in [1.165, 1.54) is 0 Å². The molecule has 0 spiro atoms. The van der Waals surface area contributed by atoms with Gasteiger partial charge in [0.1, 0.15) is 4.70 Å². The number of likely N-dealkylation sites (tertiary alicyclic amines) is 1. The fraction of sp³-hybridized carbons (Fsp3) is 0.600. The number of hydrogen-bond acceptors (Lipinski definition) is 8. The van der Waals surface area contributed by atoms with E-state index in [1.54, 1.807) is 0 Å². The van der Waals surface area contributed by atoms with Crippen molar-refractivity contribution < 1.29 is 23.2 Å². The first-order valence-electron chi connectivity index (χ1n) is 10.5. The maximum Gasteiger partial charge on any atom is 0.416 e. The van der Waals surface area contributed by atoms with Crippen LogP contribution in [-0.4, -0.2) is 58.7 Å². The number of nitro benzene ring substituents is 1. The molecule has 8 nitrogen and oxygen atoms in total. The molecule has 2 fully saturated rings. The van der Waals surface area contributed by atoms with E-state index < -0.39 is 27.9 Å². The molecular formula is C20H23F3N4O4S. The monoisotopic (exact) mass is 472 g/mol. The lowest BCUT2D eigenvalue weighted by molar-refractivity contribution is -0.383. The van der Waals surface area contributed by atoms with Crippen molar-refractivity contribution in [2.75, 3.05) is 37.6 Å². The number of nitrogens with zero attached hydrogens (tertiary/aromatic N) is 4. The van der Waals surface area contributed by atoms with Crippen molar-refractivity contribution in [2.45, 2.75) is 38.0 Å². The highest BCUT2D eigenvalue weighted by atomic mass is 32.1. The first-order valence-corrected chi connectivity index (χ1v) is 11.3. The second kappa shape index (κ2) is 8.91. The van der Waals surface area contributed by atoms with E-state index >= 15 is 0 Å². The van der Waals surface area contributed by atoms with Gasteiger partial charge in [0.25, 0.3) is 11.2 Å². The van der Waals surface area contributed by atoms with Crippen LogP contribution in [-0.2, 0) is 6.18 Å². The number of aliphatic hydroxyl groups is 1. The summed E-state index contributed by atoms with van der Waals surface area (Å²) in [6.07, 6.45) is -1.75. The minimum atomic E-state index is -4.80. The highest BCUT2D eigenvalue weighted by Gasteiger charge is 2.34. The molecular weight excluding hydrogens is 449 g/mol. The summed E-state index contributed by atoms with van der Waals surface area (Å²) in [5, 5.41) is 21.0. The number of nitro groups is 1. The molecule has 2 saturated heterocycles. The molecule has 0 amide bonds. The number of fused-ring (bicyclic) bond motifs is 1. The van der Waals surface area contributed by atoms with Gasteiger partial charge in [-0.1, -0.05) is 11.3 Å². The van der Waals surface area contributed by atoms with Crippen LogP contribution in [0.15, 0.2) is 16.9 Å². The number of hydrogen-bond donors (Lipinski definition) is 1. The van der Waals surface area contributed by atoms with E-state index in [0.717, 1.165) is 56.7 Å². The molecule has 0 bridgehead atoms. The summed E-state index contributed by atoms with van der Waals surface area (Å²) >= 11 is 0.887. The van der Waals surface area contributed by atoms with E-state index in [2.05, 4.69) is 9.88 Å². The molecule has 0 aliphatic carbocycles. The average molecular weight is 472 g/mol. The third-order valence-corrected chi connectivity index (χ3v) is 7.34. The normalized spacial score (nSPS) is 19.6. The van der Waals surface area contributed by atoms with E-state index in [0.29, 0.717) is 36.3 Å². The highest BCUT2D eigenvalue weighted by Crippen LogP contribution is 2.38. The quantitative estimate of drug-likeness (QED) is 0.539. The van der Waals surface area contributed by atoms with Crippen molar-refractivity contribution in [3.05, 3.63) is 38.2 Å². The van der Waals surface area contributed by atoms with Gasteiger partial charge >= 0.3 is 6.18 Å². The van der Waals surface area contributed by atoms with Crippen LogP contribution in [0.3, 0.4) is 0 Å². The van der Waals surface area contributed by atoms with E-state index in [9.17, 15) is 33.2 Å². The topological polar surface area (TPSA) is 99.8 Å². The zero-order valence-electron chi connectivity index (χ0n) is 17.2. The molecule has 12 heteroatoms. The van der Waals surface area contributed by atoms with Crippen LogP contribution in [0.2, 0.25) is 0 Å². The predicted octanol–water partition coefficient (Wildman–Crippen LogP) is 3.26.